The fraction of sp³-hybridized carbons (Fsp3) is 0.652. The lowest BCUT2D eigenvalue weighted by molar-refractivity contribution is -0.143. The molecule has 0 aliphatic carbocycles. The number of unbranched alkanes of at least 4 members (excludes halogenated alkanes) is 2. The lowest BCUT2D eigenvalue weighted by Crippen LogP contribution is -2.27. The summed E-state index contributed by atoms with van der Waals surface area (Å²) in [5.41, 5.74) is 6.67. The molecule has 4 atom stereocenters. The average Bonchev–Trinajstić information content (AvgIpc) is 3.11. The van der Waals surface area contributed by atoms with E-state index in [2.05, 4.69) is 6.92 Å². The number of ether oxygens (including phenoxy) is 3. The maximum absolute atomic E-state index is 12.6. The predicted molar refractivity (Wildman–Crippen MR) is 114 cm³/mol. The van der Waals surface area contributed by atoms with Crippen LogP contribution in [0.15, 0.2) is 24.3 Å². The molecule has 7 heteroatoms. The smallest absolute Gasteiger partial charge is 0.338 e. The van der Waals surface area contributed by atoms with Crippen molar-refractivity contribution in [2.24, 2.45) is 0 Å². The van der Waals surface area contributed by atoms with E-state index in [4.69, 9.17) is 19.9 Å². The first-order valence-corrected chi connectivity index (χ1v) is 11.0. The Balaban J connectivity index is 1.97. The Morgan fingerprint density at radius 1 is 1.20 bits per heavy atom. The molecule has 0 radical (unpaired) electrons. The molecule has 0 spiro atoms. The zero-order valence-corrected chi connectivity index (χ0v) is 18.0. The third-order valence-electron chi connectivity index (χ3n) is 5.34. The molecule has 7 nitrogen and oxygen atoms in total. The fourth-order valence-electron chi connectivity index (χ4n) is 3.67. The van der Waals surface area contributed by atoms with Gasteiger partial charge in [-0.25, -0.2) is 4.79 Å². The van der Waals surface area contributed by atoms with E-state index in [1.807, 2.05) is 0 Å². The Morgan fingerprint density at radius 2 is 1.93 bits per heavy atom. The molecule has 1 saturated heterocycles. The molecule has 2 rings (SSSR count). The van der Waals surface area contributed by atoms with Crippen LogP contribution in [0.1, 0.15) is 75.6 Å². The zero-order valence-electron chi connectivity index (χ0n) is 18.0. The number of benzene rings is 1. The van der Waals surface area contributed by atoms with Crippen molar-refractivity contribution in [1.29, 1.82) is 0 Å². The van der Waals surface area contributed by atoms with Gasteiger partial charge < -0.3 is 25.1 Å². The van der Waals surface area contributed by atoms with Crippen LogP contribution in [0, 0.1) is 0 Å². The summed E-state index contributed by atoms with van der Waals surface area (Å²) in [5.74, 6) is -0.692. The van der Waals surface area contributed by atoms with Crippen molar-refractivity contribution < 1.29 is 28.9 Å². The SMILES string of the molecule is CCCCC[C@@H](O)C1C[C@H](OC(=O)c2ccc(N)cc2)[C@H](CCCC(=O)OCC)O1. The summed E-state index contributed by atoms with van der Waals surface area (Å²) >= 11 is 0. The molecule has 1 aliphatic heterocycles. The number of anilines is 1. The lowest BCUT2D eigenvalue weighted by Gasteiger charge is -2.19. The van der Waals surface area contributed by atoms with Crippen LogP contribution in [0.5, 0.6) is 0 Å². The second-order valence-corrected chi connectivity index (χ2v) is 7.77. The van der Waals surface area contributed by atoms with Gasteiger partial charge in [0.25, 0.3) is 0 Å². The Kier molecular flexibility index (Phi) is 10.1. The molecule has 1 aromatic rings. The summed E-state index contributed by atoms with van der Waals surface area (Å²) in [6.45, 7) is 4.24. The van der Waals surface area contributed by atoms with Crippen molar-refractivity contribution in [3.8, 4) is 0 Å². The molecule has 1 unspecified atom stereocenters. The van der Waals surface area contributed by atoms with E-state index in [1.54, 1.807) is 31.2 Å². The third-order valence-corrected chi connectivity index (χ3v) is 5.34. The molecule has 30 heavy (non-hydrogen) atoms. The van der Waals surface area contributed by atoms with E-state index < -0.39 is 18.2 Å². The highest BCUT2D eigenvalue weighted by atomic mass is 16.6. The normalized spacial score (nSPS) is 21.9. The molecule has 168 valence electrons. The number of hydrogen-bond donors (Lipinski definition) is 2. The number of carbonyl (C=O) groups is 2. The summed E-state index contributed by atoms with van der Waals surface area (Å²) < 4.78 is 16.8. The van der Waals surface area contributed by atoms with Gasteiger partial charge in [0, 0.05) is 18.5 Å². The van der Waals surface area contributed by atoms with Crippen molar-refractivity contribution in [3.63, 3.8) is 0 Å². The summed E-state index contributed by atoms with van der Waals surface area (Å²) in [6, 6.07) is 6.55. The second kappa shape index (κ2) is 12.5. The minimum absolute atomic E-state index is 0.248. The summed E-state index contributed by atoms with van der Waals surface area (Å²) in [5, 5.41) is 10.5. The van der Waals surface area contributed by atoms with Crippen LogP contribution in [-0.4, -0.2) is 48.1 Å². The minimum atomic E-state index is -0.593. The van der Waals surface area contributed by atoms with Gasteiger partial charge >= 0.3 is 11.9 Å². The van der Waals surface area contributed by atoms with Gasteiger partial charge in [-0.3, -0.25) is 4.79 Å². The quantitative estimate of drug-likeness (QED) is 0.301. The topological polar surface area (TPSA) is 108 Å². The number of hydrogen-bond acceptors (Lipinski definition) is 7. The van der Waals surface area contributed by atoms with Crippen molar-refractivity contribution in [2.45, 2.75) is 89.6 Å². The third kappa shape index (κ3) is 7.61. The van der Waals surface area contributed by atoms with Crippen LogP contribution < -0.4 is 5.73 Å². The van der Waals surface area contributed by atoms with E-state index in [0.717, 1.165) is 19.3 Å². The van der Waals surface area contributed by atoms with Crippen molar-refractivity contribution in [2.75, 3.05) is 12.3 Å². The van der Waals surface area contributed by atoms with Gasteiger partial charge in [0.05, 0.1) is 30.5 Å². The number of aliphatic hydroxyl groups excluding tert-OH is 1. The molecule has 0 amide bonds. The molecule has 1 heterocycles. The second-order valence-electron chi connectivity index (χ2n) is 7.77. The summed E-state index contributed by atoms with van der Waals surface area (Å²) in [4.78, 5) is 24.2. The number of nitrogen functional groups attached to an aromatic ring is 1. The average molecular weight is 422 g/mol. The van der Waals surface area contributed by atoms with Gasteiger partial charge in [-0.1, -0.05) is 26.2 Å². The number of esters is 2. The molecule has 0 bridgehead atoms. The standard InChI is InChI=1S/C23H35NO6/c1-3-5-6-8-18(25)20-15-21(19(29-20)9-7-10-22(26)28-4-2)30-23(27)16-11-13-17(24)14-12-16/h11-14,18-21,25H,3-10,15,24H2,1-2H3/t18-,19+,20?,21+/m1/s1. The molecule has 1 aliphatic rings. The van der Waals surface area contributed by atoms with Crippen LogP contribution in [0.4, 0.5) is 5.69 Å². The van der Waals surface area contributed by atoms with Crippen LogP contribution in [0.25, 0.3) is 0 Å². The first-order valence-electron chi connectivity index (χ1n) is 11.0. The Morgan fingerprint density at radius 3 is 2.60 bits per heavy atom. The lowest BCUT2D eigenvalue weighted by atomic mass is 10.0. The highest BCUT2D eigenvalue weighted by Gasteiger charge is 2.40. The predicted octanol–water partition coefficient (Wildman–Crippen LogP) is 3.63. The van der Waals surface area contributed by atoms with Gasteiger partial charge in [0.2, 0.25) is 0 Å². The van der Waals surface area contributed by atoms with E-state index in [-0.39, 0.29) is 24.6 Å². The highest BCUT2D eigenvalue weighted by molar-refractivity contribution is 5.89. The van der Waals surface area contributed by atoms with Crippen LogP contribution in [0.3, 0.4) is 0 Å². The molecular formula is C23H35NO6. The first-order chi connectivity index (χ1) is 14.4. The fourth-order valence-corrected chi connectivity index (χ4v) is 3.67. The molecule has 0 saturated carbocycles. The van der Waals surface area contributed by atoms with E-state index in [0.29, 0.717) is 43.5 Å². The number of nitrogens with two attached hydrogens (primary N) is 1. The molecular weight excluding hydrogens is 386 g/mol. The molecule has 0 aromatic heterocycles. The van der Waals surface area contributed by atoms with Crippen LogP contribution >= 0.6 is 0 Å². The zero-order chi connectivity index (χ0) is 21.9. The van der Waals surface area contributed by atoms with Crippen molar-refractivity contribution >= 4 is 17.6 Å². The van der Waals surface area contributed by atoms with Gasteiger partial charge in [0.1, 0.15) is 6.10 Å². The summed E-state index contributed by atoms with van der Waals surface area (Å²) in [7, 11) is 0. The maximum Gasteiger partial charge on any atom is 0.338 e. The van der Waals surface area contributed by atoms with Gasteiger partial charge in [0.15, 0.2) is 0 Å². The Hall–Kier alpha value is -2.12. The van der Waals surface area contributed by atoms with E-state index >= 15 is 0 Å². The molecule has 1 aromatic carbocycles. The monoisotopic (exact) mass is 421 g/mol. The Labute approximate surface area is 178 Å². The van der Waals surface area contributed by atoms with Gasteiger partial charge in [-0.2, -0.15) is 0 Å². The van der Waals surface area contributed by atoms with Crippen molar-refractivity contribution in [3.05, 3.63) is 29.8 Å². The minimum Gasteiger partial charge on any atom is -0.466 e. The Bertz CT molecular complexity index is 662. The van der Waals surface area contributed by atoms with Crippen molar-refractivity contribution in [1.82, 2.24) is 0 Å². The number of rotatable bonds is 12. The number of carbonyl (C=O) groups excluding carboxylic acids is 2. The van der Waals surface area contributed by atoms with Gasteiger partial charge in [-0.05, 0) is 50.5 Å². The maximum atomic E-state index is 12.6. The van der Waals surface area contributed by atoms with Gasteiger partial charge in [-0.15, -0.1) is 0 Å². The van der Waals surface area contributed by atoms with E-state index in [1.165, 1.54) is 0 Å². The highest BCUT2D eigenvalue weighted by Crippen LogP contribution is 2.31. The largest absolute Gasteiger partial charge is 0.466 e. The van der Waals surface area contributed by atoms with E-state index in [9.17, 15) is 14.7 Å². The molecule has 1 fully saturated rings. The first kappa shape index (κ1) is 24.2. The van der Waals surface area contributed by atoms with Crippen LogP contribution in [0.2, 0.25) is 0 Å². The summed E-state index contributed by atoms with van der Waals surface area (Å²) in [6.07, 6.45) is 3.78. The number of aliphatic hydroxyl groups is 1. The molecule has 3 N–H and O–H groups in total. The van der Waals surface area contributed by atoms with Crippen LogP contribution in [-0.2, 0) is 19.0 Å².